The molecule has 28 heavy (non-hydrogen) atoms. The standard InChI is InChI=1S/C23H22O4S/c1-18-12-14-20(15-13-18)27-22(23(24)19-8-4-2-5-9-19)16-17-28(25,26)21-10-6-3-7-11-21/h2-15,22H,16-17H2,1H3/t22-/m1/s1. The molecule has 3 aromatic rings. The van der Waals surface area contributed by atoms with Crippen molar-refractivity contribution in [2.45, 2.75) is 24.3 Å². The molecule has 144 valence electrons. The van der Waals surface area contributed by atoms with Crippen LogP contribution in [-0.2, 0) is 9.84 Å². The molecule has 0 N–H and O–H groups in total. The van der Waals surface area contributed by atoms with Crippen LogP contribution < -0.4 is 4.74 Å². The molecule has 3 aromatic carbocycles. The Morgan fingerprint density at radius 1 is 0.857 bits per heavy atom. The highest BCUT2D eigenvalue weighted by Gasteiger charge is 2.25. The molecule has 0 aliphatic carbocycles. The van der Waals surface area contributed by atoms with Crippen LogP contribution in [-0.4, -0.2) is 26.1 Å². The zero-order chi connectivity index (χ0) is 20.0. The Morgan fingerprint density at radius 2 is 1.43 bits per heavy atom. The molecule has 0 saturated carbocycles. The molecule has 0 amide bonds. The molecule has 0 aliphatic heterocycles. The van der Waals surface area contributed by atoms with Crippen molar-refractivity contribution in [2.75, 3.05) is 5.75 Å². The van der Waals surface area contributed by atoms with Crippen molar-refractivity contribution in [2.24, 2.45) is 0 Å². The fourth-order valence-corrected chi connectivity index (χ4v) is 4.15. The van der Waals surface area contributed by atoms with Gasteiger partial charge < -0.3 is 4.74 Å². The minimum absolute atomic E-state index is 0.0683. The zero-order valence-electron chi connectivity index (χ0n) is 15.6. The number of benzene rings is 3. The van der Waals surface area contributed by atoms with Crippen molar-refractivity contribution in [3.63, 3.8) is 0 Å². The van der Waals surface area contributed by atoms with Gasteiger partial charge in [0.15, 0.2) is 15.9 Å². The summed E-state index contributed by atoms with van der Waals surface area (Å²) in [7, 11) is -3.50. The van der Waals surface area contributed by atoms with E-state index >= 15 is 0 Å². The number of Topliss-reactive ketones (excluding diaryl/α,β-unsaturated/α-hetero) is 1. The summed E-state index contributed by atoms with van der Waals surface area (Å²) < 4.78 is 31.2. The smallest absolute Gasteiger partial charge is 0.203 e. The van der Waals surface area contributed by atoms with E-state index in [-0.39, 0.29) is 22.9 Å². The molecular formula is C23H22O4S. The van der Waals surface area contributed by atoms with Gasteiger partial charge in [0.2, 0.25) is 5.78 Å². The lowest BCUT2D eigenvalue weighted by Gasteiger charge is -2.18. The van der Waals surface area contributed by atoms with Gasteiger partial charge in [-0.05, 0) is 31.2 Å². The number of ketones is 1. The second-order valence-corrected chi connectivity index (χ2v) is 8.68. The molecule has 0 unspecified atom stereocenters. The topological polar surface area (TPSA) is 60.4 Å². The molecule has 0 aliphatic rings. The number of sulfone groups is 1. The van der Waals surface area contributed by atoms with E-state index in [2.05, 4.69) is 0 Å². The predicted octanol–water partition coefficient (Wildman–Crippen LogP) is 4.49. The number of hydrogen-bond donors (Lipinski definition) is 0. The molecule has 1 atom stereocenters. The number of ether oxygens (including phenoxy) is 1. The minimum Gasteiger partial charge on any atom is -0.482 e. The maximum Gasteiger partial charge on any atom is 0.203 e. The van der Waals surface area contributed by atoms with E-state index in [0.717, 1.165) is 5.56 Å². The summed E-state index contributed by atoms with van der Waals surface area (Å²) in [6, 6.07) is 24.4. The van der Waals surface area contributed by atoms with Crippen LogP contribution in [0.1, 0.15) is 22.3 Å². The first-order chi connectivity index (χ1) is 13.5. The van der Waals surface area contributed by atoms with Gasteiger partial charge in [0.1, 0.15) is 5.75 Å². The van der Waals surface area contributed by atoms with E-state index in [1.54, 1.807) is 66.7 Å². The van der Waals surface area contributed by atoms with Crippen molar-refractivity contribution in [3.8, 4) is 5.75 Å². The highest BCUT2D eigenvalue weighted by molar-refractivity contribution is 7.91. The van der Waals surface area contributed by atoms with Crippen LogP contribution in [0.25, 0.3) is 0 Å². The Labute approximate surface area is 165 Å². The zero-order valence-corrected chi connectivity index (χ0v) is 16.4. The maximum atomic E-state index is 12.9. The fraction of sp³-hybridized carbons (Fsp3) is 0.174. The highest BCUT2D eigenvalue weighted by Crippen LogP contribution is 2.20. The van der Waals surface area contributed by atoms with Crippen LogP contribution in [0.5, 0.6) is 5.75 Å². The van der Waals surface area contributed by atoms with Crippen molar-refractivity contribution in [1.29, 1.82) is 0 Å². The van der Waals surface area contributed by atoms with Crippen LogP contribution in [0, 0.1) is 6.92 Å². The van der Waals surface area contributed by atoms with Crippen molar-refractivity contribution in [1.82, 2.24) is 0 Å². The van der Waals surface area contributed by atoms with Crippen molar-refractivity contribution >= 4 is 15.6 Å². The van der Waals surface area contributed by atoms with Gasteiger partial charge in [-0.15, -0.1) is 0 Å². The van der Waals surface area contributed by atoms with E-state index in [1.165, 1.54) is 0 Å². The fourth-order valence-electron chi connectivity index (χ4n) is 2.82. The number of aryl methyl sites for hydroxylation is 1. The van der Waals surface area contributed by atoms with Gasteiger partial charge in [0.05, 0.1) is 10.6 Å². The summed E-state index contributed by atoms with van der Waals surface area (Å²) in [5.41, 5.74) is 1.57. The summed E-state index contributed by atoms with van der Waals surface area (Å²) in [4.78, 5) is 13.2. The number of carbonyl (C=O) groups is 1. The van der Waals surface area contributed by atoms with E-state index in [4.69, 9.17) is 4.74 Å². The van der Waals surface area contributed by atoms with Crippen LogP contribution in [0.3, 0.4) is 0 Å². The Hall–Kier alpha value is -2.92. The van der Waals surface area contributed by atoms with Crippen molar-refractivity contribution < 1.29 is 17.9 Å². The summed E-state index contributed by atoms with van der Waals surface area (Å²) in [5.74, 6) is 0.132. The van der Waals surface area contributed by atoms with Gasteiger partial charge in [-0.25, -0.2) is 8.42 Å². The SMILES string of the molecule is Cc1ccc(O[C@H](CCS(=O)(=O)c2ccccc2)C(=O)c2ccccc2)cc1. The molecule has 5 heteroatoms. The van der Waals surface area contributed by atoms with E-state index < -0.39 is 15.9 Å². The lowest BCUT2D eigenvalue weighted by Crippen LogP contribution is -2.30. The number of hydrogen-bond acceptors (Lipinski definition) is 4. The molecule has 0 bridgehead atoms. The Balaban J connectivity index is 1.81. The first-order valence-corrected chi connectivity index (χ1v) is 10.7. The van der Waals surface area contributed by atoms with E-state index in [9.17, 15) is 13.2 Å². The first kappa shape index (κ1) is 19.8. The average molecular weight is 394 g/mol. The molecule has 3 rings (SSSR count). The van der Waals surface area contributed by atoms with Crippen LogP contribution in [0.4, 0.5) is 0 Å². The summed E-state index contributed by atoms with van der Waals surface area (Å²) in [5, 5.41) is 0. The second kappa shape index (κ2) is 8.85. The second-order valence-electron chi connectivity index (χ2n) is 6.57. The third-order valence-electron chi connectivity index (χ3n) is 4.40. The van der Waals surface area contributed by atoms with Gasteiger partial charge in [-0.2, -0.15) is 0 Å². The minimum atomic E-state index is -3.50. The van der Waals surface area contributed by atoms with Gasteiger partial charge in [0.25, 0.3) is 0 Å². The average Bonchev–Trinajstić information content (AvgIpc) is 2.73. The molecule has 0 aromatic heterocycles. The molecule has 0 radical (unpaired) electrons. The van der Waals surface area contributed by atoms with Gasteiger partial charge >= 0.3 is 0 Å². The first-order valence-electron chi connectivity index (χ1n) is 9.06. The Bertz CT molecular complexity index is 1010. The lowest BCUT2D eigenvalue weighted by molar-refractivity contribution is 0.0788. The predicted molar refractivity (Wildman–Crippen MR) is 109 cm³/mol. The summed E-state index contributed by atoms with van der Waals surface area (Å²) in [6.07, 6.45) is -0.817. The van der Waals surface area contributed by atoms with Gasteiger partial charge in [-0.1, -0.05) is 66.2 Å². The molecule has 0 fully saturated rings. The van der Waals surface area contributed by atoms with Crippen molar-refractivity contribution in [3.05, 3.63) is 96.1 Å². The highest BCUT2D eigenvalue weighted by atomic mass is 32.2. The molecule has 0 heterocycles. The molecule has 4 nitrogen and oxygen atoms in total. The van der Waals surface area contributed by atoms with E-state index in [1.807, 2.05) is 25.1 Å². The monoisotopic (exact) mass is 394 g/mol. The van der Waals surface area contributed by atoms with Gasteiger partial charge in [0, 0.05) is 12.0 Å². The Morgan fingerprint density at radius 3 is 2.04 bits per heavy atom. The molecular weight excluding hydrogens is 372 g/mol. The van der Waals surface area contributed by atoms with Crippen LogP contribution >= 0.6 is 0 Å². The summed E-state index contributed by atoms with van der Waals surface area (Å²) in [6.45, 7) is 1.96. The third-order valence-corrected chi connectivity index (χ3v) is 6.16. The largest absolute Gasteiger partial charge is 0.482 e. The normalized spacial score (nSPS) is 12.3. The maximum absolute atomic E-state index is 12.9. The quantitative estimate of drug-likeness (QED) is 0.528. The Kier molecular flexibility index (Phi) is 6.26. The third kappa shape index (κ3) is 5.08. The van der Waals surface area contributed by atoms with Crippen LogP contribution in [0.2, 0.25) is 0 Å². The van der Waals surface area contributed by atoms with Crippen LogP contribution in [0.15, 0.2) is 89.8 Å². The molecule has 0 spiro atoms. The van der Waals surface area contributed by atoms with E-state index in [0.29, 0.717) is 11.3 Å². The molecule has 0 saturated heterocycles. The lowest BCUT2D eigenvalue weighted by atomic mass is 10.0. The number of rotatable bonds is 8. The van der Waals surface area contributed by atoms with Gasteiger partial charge in [-0.3, -0.25) is 4.79 Å². The summed E-state index contributed by atoms with van der Waals surface area (Å²) >= 11 is 0. The number of carbonyl (C=O) groups excluding carboxylic acids is 1.